The minimum atomic E-state index is -3.37. The predicted molar refractivity (Wildman–Crippen MR) is 135 cm³/mol. The fourth-order valence-corrected chi connectivity index (χ4v) is 4.95. The molecule has 1 aliphatic heterocycles. The zero-order chi connectivity index (χ0) is 21.4. The van der Waals surface area contributed by atoms with Gasteiger partial charge in [0.15, 0.2) is 5.96 Å². The van der Waals surface area contributed by atoms with E-state index >= 15 is 0 Å². The van der Waals surface area contributed by atoms with Crippen LogP contribution in [0.4, 0.5) is 0 Å². The first-order valence-corrected chi connectivity index (χ1v) is 11.7. The van der Waals surface area contributed by atoms with Crippen molar-refractivity contribution in [3.63, 3.8) is 0 Å². The number of hydrogen-bond donors (Lipinski definition) is 2. The van der Waals surface area contributed by atoms with Crippen molar-refractivity contribution in [3.05, 3.63) is 70.8 Å². The normalized spacial score (nSPS) is 15.2. The van der Waals surface area contributed by atoms with Gasteiger partial charge in [0.05, 0.1) is 19.0 Å². The molecule has 2 aromatic rings. The lowest BCUT2D eigenvalue weighted by Gasteiger charge is -2.26. The molecule has 0 bridgehead atoms. The summed E-state index contributed by atoms with van der Waals surface area (Å²) in [4.78, 5) is 4.27. The average Bonchev–Trinajstić information content (AvgIpc) is 2.75. The molecule has 31 heavy (non-hydrogen) atoms. The maximum Gasteiger partial charge on any atom is 0.218 e. The Labute approximate surface area is 202 Å². The Morgan fingerprint density at radius 2 is 1.71 bits per heavy atom. The van der Waals surface area contributed by atoms with Gasteiger partial charge in [-0.1, -0.05) is 54.1 Å². The van der Waals surface area contributed by atoms with Crippen LogP contribution < -0.4 is 10.6 Å². The highest BCUT2D eigenvalue weighted by Crippen LogP contribution is 2.16. The van der Waals surface area contributed by atoms with Crippen LogP contribution in [0.15, 0.2) is 53.5 Å². The number of benzene rings is 2. The molecular weight excluding hydrogens is 527 g/mol. The van der Waals surface area contributed by atoms with Crippen molar-refractivity contribution in [2.45, 2.75) is 25.8 Å². The molecule has 0 atom stereocenters. The highest BCUT2D eigenvalue weighted by Gasteiger charge is 2.25. The summed E-state index contributed by atoms with van der Waals surface area (Å²) in [6.07, 6.45) is 0. The van der Waals surface area contributed by atoms with E-state index in [1.165, 1.54) is 15.4 Å². The fraction of sp³-hybridized carbons (Fsp3) is 0.409. The van der Waals surface area contributed by atoms with Gasteiger partial charge in [-0.3, -0.25) is 4.99 Å². The number of hydrogen-bond acceptors (Lipinski definition) is 4. The summed E-state index contributed by atoms with van der Waals surface area (Å²) in [5, 5.41) is 6.59. The number of nitrogens with zero attached hydrogens (tertiary/aromatic N) is 2. The molecule has 3 rings (SSSR count). The van der Waals surface area contributed by atoms with E-state index in [2.05, 4.69) is 40.7 Å². The SMILES string of the molecule is CN=C(NCc1cccc(C)c1)NCc1ccccc1CS(=O)(=O)N1CCOCC1.I. The van der Waals surface area contributed by atoms with Crippen molar-refractivity contribution >= 4 is 40.0 Å². The lowest BCUT2D eigenvalue weighted by molar-refractivity contribution is 0.0729. The maximum atomic E-state index is 12.8. The number of aryl methyl sites for hydroxylation is 1. The Morgan fingerprint density at radius 1 is 1.03 bits per heavy atom. The largest absolute Gasteiger partial charge is 0.379 e. The van der Waals surface area contributed by atoms with E-state index in [1.54, 1.807) is 7.05 Å². The standard InChI is InChI=1S/C22H30N4O3S.HI/c1-18-6-5-7-19(14-18)15-24-22(23-2)25-16-20-8-3-4-9-21(20)17-30(27,28)26-10-12-29-13-11-26;/h3-9,14H,10-13,15-17H2,1-2H3,(H2,23,24,25);1H. The van der Waals surface area contributed by atoms with Crippen molar-refractivity contribution < 1.29 is 13.2 Å². The lowest BCUT2D eigenvalue weighted by Crippen LogP contribution is -2.41. The summed E-state index contributed by atoms with van der Waals surface area (Å²) in [6.45, 7) is 4.95. The van der Waals surface area contributed by atoms with Crippen molar-refractivity contribution in [1.82, 2.24) is 14.9 Å². The van der Waals surface area contributed by atoms with E-state index < -0.39 is 10.0 Å². The molecule has 0 radical (unpaired) electrons. The first kappa shape index (κ1) is 25.6. The first-order valence-electron chi connectivity index (χ1n) is 10.1. The van der Waals surface area contributed by atoms with Crippen molar-refractivity contribution in [1.29, 1.82) is 0 Å². The van der Waals surface area contributed by atoms with E-state index in [0.29, 0.717) is 45.4 Å². The molecule has 1 fully saturated rings. The molecular formula is C22H31IN4O3S. The van der Waals surface area contributed by atoms with E-state index in [4.69, 9.17) is 4.74 Å². The third kappa shape index (κ3) is 7.74. The molecule has 0 amide bonds. The Bertz CT molecular complexity index is 976. The van der Waals surface area contributed by atoms with E-state index in [9.17, 15) is 8.42 Å². The molecule has 0 spiro atoms. The van der Waals surface area contributed by atoms with Gasteiger partial charge in [-0.05, 0) is 23.6 Å². The fourth-order valence-electron chi connectivity index (χ4n) is 3.39. The predicted octanol–water partition coefficient (Wildman–Crippen LogP) is 2.64. The van der Waals surface area contributed by atoms with Crippen molar-refractivity contribution in [3.8, 4) is 0 Å². The molecule has 0 aromatic heterocycles. The van der Waals surface area contributed by atoms with Gasteiger partial charge in [-0.25, -0.2) is 8.42 Å². The van der Waals surface area contributed by atoms with Crippen LogP contribution in [0.25, 0.3) is 0 Å². The average molecular weight is 558 g/mol. The Balaban J connectivity index is 0.00000341. The number of halogens is 1. The minimum Gasteiger partial charge on any atom is -0.379 e. The Kier molecular flexibility index (Phi) is 10.2. The molecule has 2 aromatic carbocycles. The molecule has 0 aliphatic carbocycles. The Hall–Kier alpha value is -1.69. The van der Waals surface area contributed by atoms with Crippen LogP contribution >= 0.6 is 24.0 Å². The summed E-state index contributed by atoms with van der Waals surface area (Å²) in [7, 11) is -1.65. The van der Waals surface area contributed by atoms with Crippen LogP contribution in [-0.2, 0) is 33.6 Å². The Morgan fingerprint density at radius 3 is 2.39 bits per heavy atom. The second-order valence-corrected chi connectivity index (χ2v) is 9.27. The number of nitrogens with one attached hydrogen (secondary N) is 2. The molecule has 0 unspecified atom stereocenters. The van der Waals surface area contributed by atoms with Crippen LogP contribution in [0, 0.1) is 6.92 Å². The number of sulfonamides is 1. The van der Waals surface area contributed by atoms with E-state index in [-0.39, 0.29) is 29.7 Å². The maximum absolute atomic E-state index is 12.8. The van der Waals surface area contributed by atoms with Crippen LogP contribution in [-0.4, -0.2) is 52.0 Å². The number of rotatable bonds is 7. The van der Waals surface area contributed by atoms with Gasteiger partial charge >= 0.3 is 0 Å². The lowest BCUT2D eigenvalue weighted by atomic mass is 10.1. The molecule has 0 saturated carbocycles. The second kappa shape index (κ2) is 12.4. The van der Waals surface area contributed by atoms with E-state index in [1.807, 2.05) is 30.3 Å². The van der Waals surface area contributed by atoms with Crippen LogP contribution in [0.1, 0.15) is 22.3 Å². The van der Waals surface area contributed by atoms with Gasteiger partial charge in [-0.15, -0.1) is 24.0 Å². The molecule has 7 nitrogen and oxygen atoms in total. The van der Waals surface area contributed by atoms with Gasteiger partial charge in [0.1, 0.15) is 0 Å². The molecule has 1 aliphatic rings. The van der Waals surface area contributed by atoms with Gasteiger partial charge in [0, 0.05) is 33.2 Å². The topological polar surface area (TPSA) is 83.0 Å². The quantitative estimate of drug-likeness (QED) is 0.310. The summed E-state index contributed by atoms with van der Waals surface area (Å²) in [6, 6.07) is 15.9. The molecule has 9 heteroatoms. The van der Waals surface area contributed by atoms with Gasteiger partial charge in [-0.2, -0.15) is 4.31 Å². The third-order valence-electron chi connectivity index (χ3n) is 5.03. The highest BCUT2D eigenvalue weighted by molar-refractivity contribution is 14.0. The van der Waals surface area contributed by atoms with Crippen LogP contribution in [0.3, 0.4) is 0 Å². The summed E-state index contributed by atoms with van der Waals surface area (Å²) in [5.41, 5.74) is 4.13. The van der Waals surface area contributed by atoms with Gasteiger partial charge in [0.2, 0.25) is 10.0 Å². The zero-order valence-electron chi connectivity index (χ0n) is 18.0. The summed E-state index contributed by atoms with van der Waals surface area (Å²) >= 11 is 0. The van der Waals surface area contributed by atoms with Crippen molar-refractivity contribution in [2.24, 2.45) is 4.99 Å². The molecule has 1 saturated heterocycles. The number of aliphatic imine (C=N–C) groups is 1. The summed E-state index contributed by atoms with van der Waals surface area (Å²) in [5.74, 6) is 0.655. The third-order valence-corrected chi connectivity index (χ3v) is 6.86. The smallest absolute Gasteiger partial charge is 0.218 e. The monoisotopic (exact) mass is 558 g/mol. The second-order valence-electron chi connectivity index (χ2n) is 7.30. The van der Waals surface area contributed by atoms with Crippen LogP contribution in [0.5, 0.6) is 0 Å². The van der Waals surface area contributed by atoms with Crippen molar-refractivity contribution in [2.75, 3.05) is 33.4 Å². The first-order chi connectivity index (χ1) is 14.5. The van der Waals surface area contributed by atoms with Gasteiger partial charge < -0.3 is 15.4 Å². The molecule has 170 valence electrons. The zero-order valence-corrected chi connectivity index (χ0v) is 21.2. The number of ether oxygens (including phenoxy) is 1. The van der Waals surface area contributed by atoms with E-state index in [0.717, 1.165) is 11.1 Å². The highest BCUT2D eigenvalue weighted by atomic mass is 127. The molecule has 1 heterocycles. The van der Waals surface area contributed by atoms with Crippen LogP contribution in [0.2, 0.25) is 0 Å². The molecule has 2 N–H and O–H groups in total. The van der Waals surface area contributed by atoms with Gasteiger partial charge in [0.25, 0.3) is 0 Å². The minimum absolute atomic E-state index is 0. The summed E-state index contributed by atoms with van der Waals surface area (Å²) < 4.78 is 32.4. The number of guanidine groups is 1. The number of morpholine rings is 1.